The van der Waals surface area contributed by atoms with Gasteiger partial charge in [-0.25, -0.2) is 4.79 Å². The van der Waals surface area contributed by atoms with Crippen molar-refractivity contribution in [3.05, 3.63) is 66.9 Å². The van der Waals surface area contributed by atoms with Gasteiger partial charge in [0, 0.05) is 23.1 Å². The Labute approximate surface area is 149 Å². The average molecular weight is 344 g/mol. The maximum atomic E-state index is 12.1. The van der Waals surface area contributed by atoms with Gasteiger partial charge in [0.15, 0.2) is 5.82 Å². The highest BCUT2D eigenvalue weighted by Crippen LogP contribution is 2.29. The van der Waals surface area contributed by atoms with Crippen molar-refractivity contribution in [1.29, 1.82) is 0 Å². The van der Waals surface area contributed by atoms with Crippen LogP contribution in [-0.4, -0.2) is 21.2 Å². The number of benzene rings is 2. The van der Waals surface area contributed by atoms with E-state index in [1.54, 1.807) is 6.20 Å². The molecule has 4 rings (SSSR count). The summed E-state index contributed by atoms with van der Waals surface area (Å²) in [6.45, 7) is 0. The molecule has 0 aliphatic rings. The van der Waals surface area contributed by atoms with Crippen LogP contribution in [0.25, 0.3) is 22.2 Å². The number of aromatic nitrogens is 3. The highest BCUT2D eigenvalue weighted by Gasteiger charge is 2.11. The maximum absolute atomic E-state index is 12.1. The minimum absolute atomic E-state index is 0.303. The molecule has 0 saturated heterocycles. The first-order chi connectivity index (χ1) is 12.7. The van der Waals surface area contributed by atoms with E-state index in [9.17, 15) is 4.79 Å². The predicted molar refractivity (Wildman–Crippen MR) is 103 cm³/mol. The van der Waals surface area contributed by atoms with E-state index in [4.69, 9.17) is 5.73 Å². The molecule has 2 heterocycles. The van der Waals surface area contributed by atoms with E-state index in [1.165, 1.54) is 0 Å². The molecule has 0 aliphatic carbocycles. The van der Waals surface area contributed by atoms with Gasteiger partial charge in [0.25, 0.3) is 0 Å². The van der Waals surface area contributed by atoms with Crippen LogP contribution in [-0.2, 0) is 0 Å². The van der Waals surface area contributed by atoms with Crippen molar-refractivity contribution in [3.8, 4) is 11.3 Å². The van der Waals surface area contributed by atoms with Gasteiger partial charge in [-0.1, -0.05) is 30.3 Å². The number of rotatable bonds is 3. The van der Waals surface area contributed by atoms with Crippen LogP contribution in [0.15, 0.2) is 66.9 Å². The molecule has 0 fully saturated rings. The number of anilines is 3. The molecule has 128 valence electrons. The van der Waals surface area contributed by atoms with Gasteiger partial charge in [-0.05, 0) is 30.3 Å². The Morgan fingerprint density at radius 2 is 1.62 bits per heavy atom. The average Bonchev–Trinajstić information content (AvgIpc) is 3.04. The van der Waals surface area contributed by atoms with Crippen molar-refractivity contribution >= 4 is 34.1 Å². The van der Waals surface area contributed by atoms with E-state index in [2.05, 4.69) is 25.8 Å². The molecule has 7 heteroatoms. The Bertz CT molecular complexity index is 1060. The minimum atomic E-state index is -0.303. The van der Waals surface area contributed by atoms with Crippen LogP contribution >= 0.6 is 0 Å². The van der Waals surface area contributed by atoms with Gasteiger partial charge in [-0.15, -0.1) is 0 Å². The summed E-state index contributed by atoms with van der Waals surface area (Å²) in [5.74, 6) is 0.410. The highest BCUT2D eigenvalue weighted by molar-refractivity contribution is 6.01. The largest absolute Gasteiger partial charge is 0.382 e. The molecule has 0 atom stereocenters. The first kappa shape index (κ1) is 15.6. The number of nitrogens with two attached hydrogens (primary N) is 1. The molecule has 0 spiro atoms. The van der Waals surface area contributed by atoms with Gasteiger partial charge in [-0.3, -0.25) is 10.1 Å². The summed E-state index contributed by atoms with van der Waals surface area (Å²) in [7, 11) is 0. The normalized spacial score (nSPS) is 10.6. The molecule has 2 aromatic heterocycles. The van der Waals surface area contributed by atoms with Gasteiger partial charge in [0.1, 0.15) is 0 Å². The third-order valence-electron chi connectivity index (χ3n) is 3.95. The number of carbonyl (C=O) groups is 1. The zero-order chi connectivity index (χ0) is 17.9. The van der Waals surface area contributed by atoms with E-state index in [-0.39, 0.29) is 6.03 Å². The number of para-hydroxylation sites is 1. The van der Waals surface area contributed by atoms with Crippen LogP contribution in [0.5, 0.6) is 0 Å². The maximum Gasteiger partial charge on any atom is 0.323 e. The SMILES string of the molecule is Nc1n[nH]c2ccnc(-c3ccc(NC(=O)Nc4ccccc4)cc3)c12. The lowest BCUT2D eigenvalue weighted by Gasteiger charge is -2.08. The van der Waals surface area contributed by atoms with Gasteiger partial charge < -0.3 is 16.4 Å². The van der Waals surface area contributed by atoms with Crippen molar-refractivity contribution in [3.63, 3.8) is 0 Å². The third-order valence-corrected chi connectivity index (χ3v) is 3.95. The molecule has 7 nitrogen and oxygen atoms in total. The van der Waals surface area contributed by atoms with E-state index in [0.717, 1.165) is 27.8 Å². The summed E-state index contributed by atoms with van der Waals surface area (Å²) >= 11 is 0. The molecule has 5 N–H and O–H groups in total. The smallest absolute Gasteiger partial charge is 0.323 e. The van der Waals surface area contributed by atoms with E-state index in [1.807, 2.05) is 60.7 Å². The van der Waals surface area contributed by atoms with Gasteiger partial charge >= 0.3 is 6.03 Å². The zero-order valence-electron chi connectivity index (χ0n) is 13.7. The molecule has 0 unspecified atom stereocenters. The molecule has 4 aromatic rings. The summed E-state index contributed by atoms with van der Waals surface area (Å²) in [6, 6.07) is 18.2. The number of hydrogen-bond acceptors (Lipinski definition) is 4. The number of urea groups is 1. The fourth-order valence-electron chi connectivity index (χ4n) is 2.74. The molecular weight excluding hydrogens is 328 g/mol. The second kappa shape index (κ2) is 6.56. The number of nitrogens with one attached hydrogen (secondary N) is 3. The summed E-state index contributed by atoms with van der Waals surface area (Å²) < 4.78 is 0. The summed E-state index contributed by atoms with van der Waals surface area (Å²) in [5, 5.41) is 13.3. The van der Waals surface area contributed by atoms with Crippen molar-refractivity contribution in [2.45, 2.75) is 0 Å². The van der Waals surface area contributed by atoms with E-state index < -0.39 is 0 Å². The summed E-state index contributed by atoms with van der Waals surface area (Å²) in [5.41, 5.74) is 9.80. The minimum Gasteiger partial charge on any atom is -0.382 e. The lowest BCUT2D eigenvalue weighted by molar-refractivity contribution is 0.262. The number of hydrogen-bond donors (Lipinski definition) is 4. The number of fused-ring (bicyclic) bond motifs is 1. The second-order valence-electron chi connectivity index (χ2n) is 5.71. The van der Waals surface area contributed by atoms with Crippen molar-refractivity contribution in [2.24, 2.45) is 0 Å². The molecule has 2 amide bonds. The van der Waals surface area contributed by atoms with Crippen LogP contribution in [0, 0.1) is 0 Å². The number of H-pyrrole nitrogens is 1. The number of aromatic amines is 1. The Balaban J connectivity index is 1.53. The summed E-state index contributed by atoms with van der Waals surface area (Å²) in [4.78, 5) is 16.5. The number of nitrogens with zero attached hydrogens (tertiary/aromatic N) is 2. The quantitative estimate of drug-likeness (QED) is 0.452. The third kappa shape index (κ3) is 3.05. The summed E-state index contributed by atoms with van der Waals surface area (Å²) in [6.07, 6.45) is 1.70. The first-order valence-corrected chi connectivity index (χ1v) is 8.03. The molecule has 0 saturated carbocycles. The molecule has 2 aromatic carbocycles. The molecular formula is C19H16N6O. The Morgan fingerprint density at radius 1 is 0.923 bits per heavy atom. The first-order valence-electron chi connectivity index (χ1n) is 8.03. The number of carbonyl (C=O) groups excluding carboxylic acids is 1. The van der Waals surface area contributed by atoms with Crippen molar-refractivity contribution in [2.75, 3.05) is 16.4 Å². The van der Waals surface area contributed by atoms with E-state index in [0.29, 0.717) is 11.5 Å². The van der Waals surface area contributed by atoms with Crippen LogP contribution in [0.2, 0.25) is 0 Å². The second-order valence-corrected chi connectivity index (χ2v) is 5.71. The lowest BCUT2D eigenvalue weighted by atomic mass is 10.1. The Hall–Kier alpha value is -3.87. The number of nitrogen functional groups attached to an aromatic ring is 1. The van der Waals surface area contributed by atoms with Gasteiger partial charge in [0.2, 0.25) is 0 Å². The van der Waals surface area contributed by atoms with Crippen LogP contribution in [0.3, 0.4) is 0 Å². The van der Waals surface area contributed by atoms with Crippen molar-refractivity contribution < 1.29 is 4.79 Å². The topological polar surface area (TPSA) is 109 Å². The monoisotopic (exact) mass is 344 g/mol. The Morgan fingerprint density at radius 3 is 2.35 bits per heavy atom. The fraction of sp³-hybridized carbons (Fsp3) is 0. The highest BCUT2D eigenvalue weighted by atomic mass is 16.2. The van der Waals surface area contributed by atoms with Gasteiger partial charge in [0.05, 0.1) is 16.6 Å². The molecule has 0 bridgehead atoms. The molecule has 26 heavy (non-hydrogen) atoms. The fourth-order valence-corrected chi connectivity index (χ4v) is 2.74. The van der Waals surface area contributed by atoms with Gasteiger partial charge in [-0.2, -0.15) is 5.10 Å². The zero-order valence-corrected chi connectivity index (χ0v) is 13.7. The predicted octanol–water partition coefficient (Wildman–Crippen LogP) is 3.85. The van der Waals surface area contributed by atoms with Crippen LogP contribution in [0.1, 0.15) is 0 Å². The lowest BCUT2D eigenvalue weighted by Crippen LogP contribution is -2.19. The molecule has 0 aliphatic heterocycles. The van der Waals surface area contributed by atoms with Crippen LogP contribution < -0.4 is 16.4 Å². The van der Waals surface area contributed by atoms with Crippen molar-refractivity contribution in [1.82, 2.24) is 15.2 Å². The number of pyridine rings is 1. The standard InChI is InChI=1S/C19H16N6O/c20-18-16-15(24-25-18)10-11-21-17(16)12-6-8-14(9-7-12)23-19(26)22-13-4-2-1-3-5-13/h1-11H,(H3,20,24,25)(H2,22,23,26). The van der Waals surface area contributed by atoms with Crippen LogP contribution in [0.4, 0.5) is 22.0 Å². The number of amides is 2. The Kier molecular flexibility index (Phi) is 3.95. The van der Waals surface area contributed by atoms with E-state index >= 15 is 0 Å². The molecule has 0 radical (unpaired) electrons.